The van der Waals surface area contributed by atoms with Gasteiger partial charge in [-0.25, -0.2) is 4.98 Å². The Morgan fingerprint density at radius 1 is 1.00 bits per heavy atom. The number of nitrogens with one attached hydrogen (secondary N) is 1. The second-order valence-electron chi connectivity index (χ2n) is 8.63. The summed E-state index contributed by atoms with van der Waals surface area (Å²) in [5.74, 6) is 2.27. The fourth-order valence-electron chi connectivity index (χ4n) is 4.57. The van der Waals surface area contributed by atoms with Gasteiger partial charge in [-0.05, 0) is 61.2 Å². The van der Waals surface area contributed by atoms with Crippen LogP contribution in [0.3, 0.4) is 0 Å². The Labute approximate surface area is 200 Å². The number of likely N-dealkylation sites (tertiary alicyclic amines) is 1. The number of aromatic amines is 1. The zero-order valence-corrected chi connectivity index (χ0v) is 19.4. The molecule has 4 aromatic rings. The van der Waals surface area contributed by atoms with Crippen LogP contribution in [0.1, 0.15) is 42.6 Å². The fourth-order valence-corrected chi connectivity index (χ4v) is 4.57. The third kappa shape index (κ3) is 4.74. The van der Waals surface area contributed by atoms with E-state index >= 15 is 0 Å². The number of carbonyl (C=O) groups excluding carboxylic acids is 1. The molecule has 1 aromatic heterocycles. The second-order valence-corrected chi connectivity index (χ2v) is 8.63. The maximum atomic E-state index is 13.7. The van der Waals surface area contributed by atoms with Crippen molar-refractivity contribution in [1.82, 2.24) is 14.9 Å². The Bertz CT molecular complexity index is 1250. The molecule has 1 N–H and O–H groups in total. The Morgan fingerprint density at radius 2 is 1.71 bits per heavy atom. The molecule has 34 heavy (non-hydrogen) atoms. The lowest BCUT2D eigenvalue weighted by atomic mass is 9.94. The van der Waals surface area contributed by atoms with Gasteiger partial charge in [0.25, 0.3) is 5.91 Å². The van der Waals surface area contributed by atoms with E-state index in [2.05, 4.69) is 11.1 Å². The zero-order valence-electron chi connectivity index (χ0n) is 19.4. The molecular formula is C29H29N3O2. The normalized spacial score (nSPS) is 15.0. The smallest absolute Gasteiger partial charge is 0.254 e. The maximum Gasteiger partial charge on any atom is 0.254 e. The average Bonchev–Trinajstić information content (AvgIpc) is 3.33. The standard InChI is InChI=1S/C29H29N3O2/c1-2-34-24-14-12-21(13-15-24)20-25(22-8-4-3-5-9-22)29(33)32-18-16-23(17-19-32)28-30-26-10-6-7-11-27(26)31-28/h3-15,20,23H,2,16-19H2,1H3,(H,30,31)/b25-20+. The largest absolute Gasteiger partial charge is 0.494 e. The lowest BCUT2D eigenvalue weighted by Crippen LogP contribution is -2.38. The molecule has 1 amide bonds. The lowest BCUT2D eigenvalue weighted by Gasteiger charge is -2.32. The summed E-state index contributed by atoms with van der Waals surface area (Å²) in [6.07, 6.45) is 3.78. The molecule has 5 heteroatoms. The number of piperidine rings is 1. The van der Waals surface area contributed by atoms with Crippen LogP contribution < -0.4 is 4.74 Å². The Kier molecular flexibility index (Phi) is 6.43. The molecule has 2 heterocycles. The van der Waals surface area contributed by atoms with Gasteiger partial charge in [0.2, 0.25) is 0 Å². The summed E-state index contributed by atoms with van der Waals surface area (Å²) < 4.78 is 5.56. The first-order valence-corrected chi connectivity index (χ1v) is 11.9. The number of H-pyrrole nitrogens is 1. The summed E-state index contributed by atoms with van der Waals surface area (Å²) in [6.45, 7) is 4.03. The van der Waals surface area contributed by atoms with Crippen LogP contribution in [0.25, 0.3) is 22.7 Å². The Hall–Kier alpha value is -3.86. The highest BCUT2D eigenvalue weighted by Crippen LogP contribution is 2.30. The molecular weight excluding hydrogens is 422 g/mol. The van der Waals surface area contributed by atoms with Crippen molar-refractivity contribution in [3.63, 3.8) is 0 Å². The number of amides is 1. The average molecular weight is 452 g/mol. The molecule has 1 fully saturated rings. The molecule has 0 unspecified atom stereocenters. The van der Waals surface area contributed by atoms with Crippen LogP contribution in [-0.2, 0) is 4.79 Å². The summed E-state index contributed by atoms with van der Waals surface area (Å²) in [7, 11) is 0. The second kappa shape index (κ2) is 9.96. The van der Waals surface area contributed by atoms with E-state index in [0.29, 0.717) is 31.2 Å². The Balaban J connectivity index is 1.34. The number of imidazole rings is 1. The third-order valence-electron chi connectivity index (χ3n) is 6.39. The molecule has 0 saturated carbocycles. The van der Waals surface area contributed by atoms with E-state index in [-0.39, 0.29) is 5.91 Å². The van der Waals surface area contributed by atoms with Crippen molar-refractivity contribution in [2.75, 3.05) is 19.7 Å². The molecule has 0 radical (unpaired) electrons. The van der Waals surface area contributed by atoms with Crippen molar-refractivity contribution in [1.29, 1.82) is 0 Å². The molecule has 0 aliphatic carbocycles. The molecule has 0 atom stereocenters. The number of para-hydroxylation sites is 2. The van der Waals surface area contributed by atoms with E-state index in [4.69, 9.17) is 9.72 Å². The first-order valence-electron chi connectivity index (χ1n) is 11.9. The number of aromatic nitrogens is 2. The molecule has 1 aliphatic heterocycles. The lowest BCUT2D eigenvalue weighted by molar-refractivity contribution is -0.126. The van der Waals surface area contributed by atoms with Crippen molar-refractivity contribution < 1.29 is 9.53 Å². The minimum atomic E-state index is 0.0724. The molecule has 5 nitrogen and oxygen atoms in total. The predicted octanol–water partition coefficient (Wildman–Crippen LogP) is 5.91. The summed E-state index contributed by atoms with van der Waals surface area (Å²) in [6, 6.07) is 25.9. The predicted molar refractivity (Wildman–Crippen MR) is 137 cm³/mol. The highest BCUT2D eigenvalue weighted by Gasteiger charge is 2.27. The minimum absolute atomic E-state index is 0.0724. The van der Waals surface area contributed by atoms with Crippen molar-refractivity contribution in [2.24, 2.45) is 0 Å². The van der Waals surface area contributed by atoms with Crippen LogP contribution in [-0.4, -0.2) is 40.5 Å². The summed E-state index contributed by atoms with van der Waals surface area (Å²) in [5, 5.41) is 0. The van der Waals surface area contributed by atoms with E-state index in [9.17, 15) is 4.79 Å². The first-order chi connectivity index (χ1) is 16.7. The fraction of sp³-hybridized carbons (Fsp3) is 0.241. The maximum absolute atomic E-state index is 13.7. The minimum Gasteiger partial charge on any atom is -0.494 e. The molecule has 3 aromatic carbocycles. The van der Waals surface area contributed by atoms with Gasteiger partial charge in [-0.3, -0.25) is 4.79 Å². The highest BCUT2D eigenvalue weighted by atomic mass is 16.5. The molecule has 0 spiro atoms. The van der Waals surface area contributed by atoms with Crippen molar-refractivity contribution in [3.05, 3.63) is 95.8 Å². The number of fused-ring (bicyclic) bond motifs is 1. The third-order valence-corrected chi connectivity index (χ3v) is 6.39. The zero-order chi connectivity index (χ0) is 23.3. The van der Waals surface area contributed by atoms with Gasteiger partial charge in [0.05, 0.1) is 17.6 Å². The van der Waals surface area contributed by atoms with Crippen LogP contribution in [0.2, 0.25) is 0 Å². The van der Waals surface area contributed by atoms with Crippen molar-refractivity contribution in [2.45, 2.75) is 25.7 Å². The number of hydrogen-bond donors (Lipinski definition) is 1. The first kappa shape index (κ1) is 22.0. The number of rotatable bonds is 6. The van der Waals surface area contributed by atoms with E-state index in [0.717, 1.165) is 46.6 Å². The van der Waals surface area contributed by atoms with Gasteiger partial charge < -0.3 is 14.6 Å². The number of hydrogen-bond acceptors (Lipinski definition) is 3. The monoisotopic (exact) mass is 451 g/mol. The quantitative estimate of drug-likeness (QED) is 0.293. The van der Waals surface area contributed by atoms with Gasteiger partial charge in [0.15, 0.2) is 0 Å². The molecule has 5 rings (SSSR count). The molecule has 1 saturated heterocycles. The van der Waals surface area contributed by atoms with Crippen LogP contribution in [0.5, 0.6) is 5.75 Å². The number of carbonyl (C=O) groups is 1. The summed E-state index contributed by atoms with van der Waals surface area (Å²) >= 11 is 0. The van der Waals surface area contributed by atoms with E-state index in [1.165, 1.54) is 0 Å². The highest BCUT2D eigenvalue weighted by molar-refractivity contribution is 6.24. The SMILES string of the molecule is CCOc1ccc(/C=C(/C(=O)N2CCC(c3nc4ccccc4[nH]3)CC2)c2ccccc2)cc1. The molecule has 0 bridgehead atoms. The molecule has 1 aliphatic rings. The van der Waals surface area contributed by atoms with Gasteiger partial charge >= 0.3 is 0 Å². The van der Waals surface area contributed by atoms with Gasteiger partial charge in [-0.2, -0.15) is 0 Å². The number of benzene rings is 3. The van der Waals surface area contributed by atoms with Gasteiger partial charge in [-0.1, -0.05) is 54.6 Å². The van der Waals surface area contributed by atoms with Crippen LogP contribution in [0.15, 0.2) is 78.9 Å². The number of ether oxygens (including phenoxy) is 1. The topological polar surface area (TPSA) is 58.2 Å². The summed E-state index contributed by atoms with van der Waals surface area (Å²) in [4.78, 5) is 23.9. The van der Waals surface area contributed by atoms with E-state index < -0.39 is 0 Å². The van der Waals surface area contributed by atoms with Crippen molar-refractivity contribution >= 4 is 28.6 Å². The summed E-state index contributed by atoms with van der Waals surface area (Å²) in [5.41, 5.74) is 4.70. The van der Waals surface area contributed by atoms with E-state index in [1.54, 1.807) is 0 Å². The van der Waals surface area contributed by atoms with Crippen LogP contribution in [0.4, 0.5) is 0 Å². The van der Waals surface area contributed by atoms with E-state index in [1.807, 2.05) is 90.7 Å². The van der Waals surface area contributed by atoms with Gasteiger partial charge in [0.1, 0.15) is 11.6 Å². The van der Waals surface area contributed by atoms with Gasteiger partial charge in [0, 0.05) is 24.6 Å². The van der Waals surface area contributed by atoms with Crippen molar-refractivity contribution in [3.8, 4) is 5.75 Å². The van der Waals surface area contributed by atoms with Crippen LogP contribution >= 0.6 is 0 Å². The molecule has 172 valence electrons. The number of nitrogens with zero attached hydrogens (tertiary/aromatic N) is 2. The van der Waals surface area contributed by atoms with Gasteiger partial charge in [-0.15, -0.1) is 0 Å². The van der Waals surface area contributed by atoms with Crippen LogP contribution in [0, 0.1) is 0 Å². The Morgan fingerprint density at radius 3 is 2.41 bits per heavy atom.